The van der Waals surface area contributed by atoms with Gasteiger partial charge in [0.1, 0.15) is 16.5 Å². The minimum atomic E-state index is -4.16. The summed E-state index contributed by atoms with van der Waals surface area (Å²) in [5.41, 5.74) is 0. The van der Waals surface area contributed by atoms with Crippen molar-refractivity contribution in [1.82, 2.24) is 5.32 Å². The summed E-state index contributed by atoms with van der Waals surface area (Å²) in [7, 11) is 2.39. The number of benzene rings is 1. The highest BCUT2D eigenvalue weighted by Crippen LogP contribution is 2.31. The molecule has 0 fully saturated rings. The quantitative estimate of drug-likeness (QED) is 0.801. The van der Waals surface area contributed by atoms with Crippen LogP contribution in [0.2, 0.25) is 0 Å². The number of carbonyl (C=O) groups excluding carboxylic acids is 1. The second-order valence-corrected chi connectivity index (χ2v) is 6.81. The van der Waals surface area contributed by atoms with Gasteiger partial charge in [-0.2, -0.15) is 0 Å². The maximum atomic E-state index is 13.5. The highest BCUT2D eigenvalue weighted by molar-refractivity contribution is 9.10. The van der Waals surface area contributed by atoms with Gasteiger partial charge in [-0.05, 0) is 22.0 Å². The molecule has 1 rings (SSSR count). The predicted molar refractivity (Wildman–Crippen MR) is 71.3 cm³/mol. The Morgan fingerprint density at radius 1 is 1.53 bits per heavy atom. The van der Waals surface area contributed by atoms with E-state index >= 15 is 0 Å². The van der Waals surface area contributed by atoms with Gasteiger partial charge in [-0.1, -0.05) is 0 Å². The molecule has 1 N–H and O–H groups in total. The number of hydrogen-bond donors (Lipinski definition) is 1. The van der Waals surface area contributed by atoms with Gasteiger partial charge in [0.05, 0.1) is 17.5 Å². The normalized spacial score (nSPS) is 11.2. The van der Waals surface area contributed by atoms with Crippen molar-refractivity contribution in [2.45, 2.75) is 11.3 Å². The number of hydrogen-bond acceptors (Lipinski definition) is 4. The molecule has 1 amide bonds. The van der Waals surface area contributed by atoms with Crippen molar-refractivity contribution in [1.29, 1.82) is 0 Å². The van der Waals surface area contributed by atoms with Gasteiger partial charge in [0.25, 0.3) is 9.05 Å². The van der Waals surface area contributed by atoms with E-state index in [1.807, 2.05) is 0 Å². The first-order valence-electron chi connectivity index (χ1n) is 5.02. The molecule has 5 nitrogen and oxygen atoms in total. The van der Waals surface area contributed by atoms with E-state index < -0.39 is 19.8 Å². The van der Waals surface area contributed by atoms with Crippen molar-refractivity contribution in [3.63, 3.8) is 0 Å². The van der Waals surface area contributed by atoms with Crippen LogP contribution in [-0.4, -0.2) is 28.0 Å². The van der Waals surface area contributed by atoms with Crippen molar-refractivity contribution in [3.8, 4) is 5.75 Å². The molecule has 9 heteroatoms. The highest BCUT2D eigenvalue weighted by atomic mass is 79.9. The molecule has 0 aliphatic rings. The average molecular weight is 375 g/mol. The first-order chi connectivity index (χ1) is 8.75. The van der Waals surface area contributed by atoms with Crippen LogP contribution in [0.15, 0.2) is 21.5 Å². The monoisotopic (exact) mass is 373 g/mol. The van der Waals surface area contributed by atoms with Gasteiger partial charge < -0.3 is 10.1 Å². The molecule has 1 aromatic rings. The molecule has 106 valence electrons. The Kier molecular flexibility index (Phi) is 5.57. The van der Waals surface area contributed by atoms with E-state index in [1.165, 1.54) is 7.05 Å². The van der Waals surface area contributed by atoms with Crippen molar-refractivity contribution < 1.29 is 22.3 Å². The predicted octanol–water partition coefficient (Wildman–Crippen LogP) is 2.03. The molecule has 0 spiro atoms. The van der Waals surface area contributed by atoms with Crippen molar-refractivity contribution >= 4 is 41.6 Å². The lowest BCUT2D eigenvalue weighted by molar-refractivity contribution is -0.121. The Labute approximate surface area is 122 Å². The fourth-order valence-electron chi connectivity index (χ4n) is 1.19. The molecule has 0 radical (unpaired) electrons. The molecular weight excluding hydrogens is 365 g/mol. The fourth-order valence-corrected chi connectivity index (χ4v) is 2.70. The third kappa shape index (κ3) is 4.63. The summed E-state index contributed by atoms with van der Waals surface area (Å²) in [5, 5.41) is 2.40. The van der Waals surface area contributed by atoms with Gasteiger partial charge in [-0.25, -0.2) is 12.8 Å². The summed E-state index contributed by atoms with van der Waals surface area (Å²) in [6.07, 6.45) is 0.0973. The van der Waals surface area contributed by atoms with Gasteiger partial charge in [-0.3, -0.25) is 4.79 Å². The van der Waals surface area contributed by atoms with E-state index in [2.05, 4.69) is 21.2 Å². The lowest BCUT2D eigenvalue weighted by Gasteiger charge is -2.09. The first kappa shape index (κ1) is 16.2. The van der Waals surface area contributed by atoms with E-state index in [-0.39, 0.29) is 29.2 Å². The zero-order valence-corrected chi connectivity index (χ0v) is 12.9. The largest absolute Gasteiger partial charge is 0.492 e. The van der Waals surface area contributed by atoms with Crippen LogP contribution in [0.25, 0.3) is 0 Å². The van der Waals surface area contributed by atoms with Crippen LogP contribution in [0.1, 0.15) is 6.42 Å². The standard InChI is InChI=1S/C10H10BrClFNO4S/c1-14-10(15)2-3-18-8-5-7(13)9(4-6(8)11)19(12,16)17/h4-5H,2-3H2,1H3,(H,14,15). The summed E-state index contributed by atoms with van der Waals surface area (Å²) >= 11 is 3.04. The molecule has 0 aliphatic carbocycles. The van der Waals surface area contributed by atoms with Gasteiger partial charge in [-0.15, -0.1) is 0 Å². The minimum Gasteiger partial charge on any atom is -0.492 e. The lowest BCUT2D eigenvalue weighted by atomic mass is 10.3. The molecule has 0 aromatic heterocycles. The molecule has 19 heavy (non-hydrogen) atoms. The minimum absolute atomic E-state index is 0.0324. The molecule has 0 bridgehead atoms. The van der Waals surface area contributed by atoms with E-state index in [1.54, 1.807) is 0 Å². The van der Waals surface area contributed by atoms with E-state index in [4.69, 9.17) is 15.4 Å². The van der Waals surface area contributed by atoms with Crippen molar-refractivity contribution in [2.75, 3.05) is 13.7 Å². The maximum Gasteiger partial charge on any atom is 0.264 e. The van der Waals surface area contributed by atoms with Gasteiger partial charge in [0.15, 0.2) is 0 Å². The molecule has 0 unspecified atom stereocenters. The van der Waals surface area contributed by atoms with E-state index in [0.717, 1.165) is 12.1 Å². The fraction of sp³-hybridized carbons (Fsp3) is 0.300. The summed E-state index contributed by atoms with van der Waals surface area (Å²) in [6, 6.07) is 1.90. The van der Waals surface area contributed by atoms with Crippen LogP contribution in [-0.2, 0) is 13.8 Å². The topological polar surface area (TPSA) is 72.5 Å². The lowest BCUT2D eigenvalue weighted by Crippen LogP contribution is -2.20. The number of rotatable bonds is 5. The second kappa shape index (κ2) is 6.53. The highest BCUT2D eigenvalue weighted by Gasteiger charge is 2.19. The maximum absolute atomic E-state index is 13.5. The van der Waals surface area contributed by atoms with Crippen LogP contribution >= 0.6 is 26.6 Å². The summed E-state index contributed by atoms with van der Waals surface area (Å²) < 4.78 is 41.1. The molecule has 0 saturated carbocycles. The Hall–Kier alpha value is -0.860. The summed E-state index contributed by atoms with van der Waals surface area (Å²) in [6.45, 7) is 0.0324. The molecule has 1 aromatic carbocycles. The smallest absolute Gasteiger partial charge is 0.264 e. The van der Waals surface area contributed by atoms with Crippen LogP contribution in [0.3, 0.4) is 0 Å². The molecule has 0 atom stereocenters. The van der Waals surface area contributed by atoms with Crippen LogP contribution in [0, 0.1) is 5.82 Å². The number of amides is 1. The number of nitrogens with one attached hydrogen (secondary N) is 1. The van der Waals surface area contributed by atoms with Crippen molar-refractivity contribution in [3.05, 3.63) is 22.4 Å². The molecule has 0 heterocycles. The third-order valence-corrected chi connectivity index (χ3v) is 4.07. The summed E-state index contributed by atoms with van der Waals surface area (Å²) in [5.74, 6) is -1.16. The van der Waals surface area contributed by atoms with Crippen LogP contribution in [0.5, 0.6) is 5.75 Å². The van der Waals surface area contributed by atoms with Crippen LogP contribution < -0.4 is 10.1 Å². The molecule has 0 saturated heterocycles. The zero-order chi connectivity index (χ0) is 14.6. The van der Waals surface area contributed by atoms with Crippen molar-refractivity contribution in [2.24, 2.45) is 0 Å². The number of halogens is 3. The third-order valence-electron chi connectivity index (χ3n) is 2.11. The van der Waals surface area contributed by atoms with E-state index in [0.29, 0.717) is 0 Å². The Morgan fingerprint density at radius 3 is 2.68 bits per heavy atom. The zero-order valence-electron chi connectivity index (χ0n) is 9.74. The first-order valence-corrected chi connectivity index (χ1v) is 8.13. The SMILES string of the molecule is CNC(=O)CCOc1cc(F)c(S(=O)(=O)Cl)cc1Br. The Bertz CT molecular complexity index is 593. The molecule has 0 aliphatic heterocycles. The molecular formula is C10H10BrClFNO4S. The Balaban J connectivity index is 2.88. The number of carbonyl (C=O) groups is 1. The van der Waals surface area contributed by atoms with Crippen LogP contribution in [0.4, 0.5) is 4.39 Å². The number of ether oxygens (including phenoxy) is 1. The summed E-state index contributed by atoms with van der Waals surface area (Å²) in [4.78, 5) is 10.3. The van der Waals surface area contributed by atoms with Gasteiger partial charge >= 0.3 is 0 Å². The second-order valence-electron chi connectivity index (χ2n) is 3.42. The van der Waals surface area contributed by atoms with Gasteiger partial charge in [0.2, 0.25) is 5.91 Å². The van der Waals surface area contributed by atoms with E-state index in [9.17, 15) is 17.6 Å². The Morgan fingerprint density at radius 2 is 2.16 bits per heavy atom. The van der Waals surface area contributed by atoms with Gasteiger partial charge in [0, 0.05) is 23.8 Å². The average Bonchev–Trinajstić information content (AvgIpc) is 2.31.